The number of ether oxygens (including phenoxy) is 2. The number of piperidine rings is 2. The van der Waals surface area contributed by atoms with E-state index in [4.69, 9.17) is 9.47 Å². The van der Waals surface area contributed by atoms with Crippen LogP contribution in [0.2, 0.25) is 0 Å². The average Bonchev–Trinajstić information content (AvgIpc) is 2.81. The standard InChI is InChI=1S/C24H41N3O4/c1-19(28)25-12-6-20(7-13-25)23(29)26-14-8-21(9-15-26)27-18-22(31-17-16-30-2)24(27)10-4-3-5-11-24/h20-22H,3-18H2,1-2H3. The molecule has 1 aliphatic carbocycles. The minimum atomic E-state index is 0.0967. The van der Waals surface area contributed by atoms with Gasteiger partial charge in [0.2, 0.25) is 11.8 Å². The van der Waals surface area contributed by atoms with Crippen LogP contribution in [0.4, 0.5) is 0 Å². The zero-order valence-electron chi connectivity index (χ0n) is 19.5. The van der Waals surface area contributed by atoms with Gasteiger partial charge in [-0.3, -0.25) is 14.5 Å². The topological polar surface area (TPSA) is 62.3 Å². The molecular formula is C24H41N3O4. The predicted octanol–water partition coefficient (Wildman–Crippen LogP) is 2.29. The third kappa shape index (κ3) is 4.79. The Kier molecular flexibility index (Phi) is 7.55. The van der Waals surface area contributed by atoms with Crippen molar-refractivity contribution in [1.29, 1.82) is 0 Å². The fraction of sp³-hybridized carbons (Fsp3) is 0.917. The van der Waals surface area contributed by atoms with E-state index < -0.39 is 0 Å². The van der Waals surface area contributed by atoms with Gasteiger partial charge in [-0.05, 0) is 38.5 Å². The van der Waals surface area contributed by atoms with Gasteiger partial charge in [-0.1, -0.05) is 19.3 Å². The summed E-state index contributed by atoms with van der Waals surface area (Å²) in [5.41, 5.74) is 0.225. The van der Waals surface area contributed by atoms with Crippen molar-refractivity contribution in [3.63, 3.8) is 0 Å². The Bertz CT molecular complexity index is 620. The maximum atomic E-state index is 13.1. The second kappa shape index (κ2) is 10.2. The van der Waals surface area contributed by atoms with E-state index in [-0.39, 0.29) is 17.4 Å². The van der Waals surface area contributed by atoms with Crippen molar-refractivity contribution < 1.29 is 19.1 Å². The zero-order valence-corrected chi connectivity index (χ0v) is 19.5. The van der Waals surface area contributed by atoms with E-state index in [1.807, 2.05) is 4.90 Å². The fourth-order valence-corrected chi connectivity index (χ4v) is 6.47. The smallest absolute Gasteiger partial charge is 0.225 e. The van der Waals surface area contributed by atoms with Crippen molar-refractivity contribution in [2.45, 2.75) is 82.4 Å². The molecule has 1 spiro atoms. The number of nitrogens with zero attached hydrogens (tertiary/aromatic N) is 3. The molecule has 7 nitrogen and oxygen atoms in total. The van der Waals surface area contributed by atoms with Crippen LogP contribution >= 0.6 is 0 Å². The highest BCUT2D eigenvalue weighted by Gasteiger charge is 2.56. The number of carbonyl (C=O) groups is 2. The van der Waals surface area contributed by atoms with E-state index in [0.29, 0.717) is 31.3 Å². The molecule has 0 N–H and O–H groups in total. The average molecular weight is 436 g/mol. The summed E-state index contributed by atoms with van der Waals surface area (Å²) in [7, 11) is 1.73. The largest absolute Gasteiger partial charge is 0.382 e. The zero-order chi connectivity index (χ0) is 21.8. The molecule has 31 heavy (non-hydrogen) atoms. The second-order valence-electron chi connectivity index (χ2n) is 10.0. The summed E-state index contributed by atoms with van der Waals surface area (Å²) in [6.45, 7) is 7.20. The molecule has 1 unspecified atom stereocenters. The van der Waals surface area contributed by atoms with Gasteiger partial charge in [0.15, 0.2) is 0 Å². The molecule has 1 atom stereocenters. The van der Waals surface area contributed by atoms with Gasteiger partial charge >= 0.3 is 0 Å². The van der Waals surface area contributed by atoms with Crippen LogP contribution in [-0.2, 0) is 19.1 Å². The molecule has 0 aromatic carbocycles. The molecule has 2 amide bonds. The van der Waals surface area contributed by atoms with Crippen LogP contribution in [0.15, 0.2) is 0 Å². The van der Waals surface area contributed by atoms with Gasteiger partial charge in [0.25, 0.3) is 0 Å². The Balaban J connectivity index is 1.28. The van der Waals surface area contributed by atoms with Gasteiger partial charge in [0, 0.05) is 64.3 Å². The first-order valence-corrected chi connectivity index (χ1v) is 12.5. The maximum absolute atomic E-state index is 13.1. The van der Waals surface area contributed by atoms with E-state index in [0.717, 1.165) is 58.4 Å². The third-order valence-corrected chi connectivity index (χ3v) is 8.37. The molecule has 7 heteroatoms. The third-order valence-electron chi connectivity index (χ3n) is 8.37. The number of hydrogen-bond acceptors (Lipinski definition) is 5. The summed E-state index contributed by atoms with van der Waals surface area (Å²) in [6, 6.07) is 0.573. The van der Waals surface area contributed by atoms with Gasteiger partial charge in [0.1, 0.15) is 0 Å². The molecule has 1 saturated carbocycles. The van der Waals surface area contributed by atoms with Gasteiger partial charge in [-0.2, -0.15) is 0 Å². The Labute approximate surface area is 187 Å². The Morgan fingerprint density at radius 2 is 1.55 bits per heavy atom. The summed E-state index contributed by atoms with van der Waals surface area (Å²) >= 11 is 0. The van der Waals surface area contributed by atoms with Gasteiger partial charge in [-0.15, -0.1) is 0 Å². The monoisotopic (exact) mass is 435 g/mol. The highest BCUT2D eigenvalue weighted by atomic mass is 16.5. The Morgan fingerprint density at radius 3 is 2.16 bits per heavy atom. The minimum absolute atomic E-state index is 0.0967. The minimum Gasteiger partial charge on any atom is -0.382 e. The van der Waals surface area contributed by atoms with Gasteiger partial charge in [0.05, 0.1) is 19.3 Å². The van der Waals surface area contributed by atoms with Crippen molar-refractivity contribution in [3.8, 4) is 0 Å². The molecule has 176 valence electrons. The van der Waals surface area contributed by atoms with Crippen LogP contribution < -0.4 is 0 Å². The van der Waals surface area contributed by atoms with Crippen molar-refractivity contribution in [2.24, 2.45) is 5.92 Å². The molecular weight excluding hydrogens is 394 g/mol. The van der Waals surface area contributed by atoms with E-state index in [9.17, 15) is 9.59 Å². The lowest BCUT2D eigenvalue weighted by Gasteiger charge is -2.63. The quantitative estimate of drug-likeness (QED) is 0.599. The van der Waals surface area contributed by atoms with E-state index >= 15 is 0 Å². The van der Waals surface area contributed by atoms with Crippen molar-refractivity contribution in [1.82, 2.24) is 14.7 Å². The molecule has 4 fully saturated rings. The molecule has 3 heterocycles. The van der Waals surface area contributed by atoms with Crippen molar-refractivity contribution in [3.05, 3.63) is 0 Å². The molecule has 0 aromatic rings. The molecule has 3 aliphatic heterocycles. The summed E-state index contributed by atoms with van der Waals surface area (Å²) < 4.78 is 11.4. The first kappa shape index (κ1) is 23.0. The van der Waals surface area contributed by atoms with Crippen LogP contribution in [0.3, 0.4) is 0 Å². The van der Waals surface area contributed by atoms with Crippen LogP contribution in [0.1, 0.15) is 64.7 Å². The molecule has 4 aliphatic rings. The van der Waals surface area contributed by atoms with E-state index in [1.54, 1.807) is 14.0 Å². The Hall–Kier alpha value is -1.18. The molecule has 0 bridgehead atoms. The van der Waals surface area contributed by atoms with Crippen LogP contribution in [0, 0.1) is 5.92 Å². The second-order valence-corrected chi connectivity index (χ2v) is 10.0. The van der Waals surface area contributed by atoms with Crippen molar-refractivity contribution in [2.75, 3.05) is 53.0 Å². The SMILES string of the molecule is COCCOC1CN(C2CCN(C(=O)C3CCN(C(C)=O)CC3)CC2)C12CCCCC2. The van der Waals surface area contributed by atoms with Crippen LogP contribution in [0.25, 0.3) is 0 Å². The molecule has 0 radical (unpaired) electrons. The highest BCUT2D eigenvalue weighted by Crippen LogP contribution is 2.47. The fourth-order valence-electron chi connectivity index (χ4n) is 6.47. The number of carbonyl (C=O) groups excluding carboxylic acids is 2. The Morgan fingerprint density at radius 1 is 0.903 bits per heavy atom. The number of rotatable bonds is 6. The molecule has 0 aromatic heterocycles. The highest BCUT2D eigenvalue weighted by molar-refractivity contribution is 5.79. The first-order chi connectivity index (χ1) is 15.0. The molecule has 3 saturated heterocycles. The van der Waals surface area contributed by atoms with Gasteiger partial charge in [-0.25, -0.2) is 0 Å². The van der Waals surface area contributed by atoms with E-state index in [1.165, 1.54) is 32.1 Å². The summed E-state index contributed by atoms with van der Waals surface area (Å²) in [5.74, 6) is 0.542. The normalized spacial score (nSPS) is 28.0. The number of likely N-dealkylation sites (tertiary alicyclic amines) is 3. The first-order valence-electron chi connectivity index (χ1n) is 12.5. The van der Waals surface area contributed by atoms with Gasteiger partial charge < -0.3 is 19.3 Å². The molecule has 4 rings (SSSR count). The summed E-state index contributed by atoms with van der Waals surface area (Å²) in [5, 5.41) is 0. The number of methoxy groups -OCH3 is 1. The lowest BCUT2D eigenvalue weighted by atomic mass is 9.69. The van der Waals surface area contributed by atoms with Crippen LogP contribution in [0.5, 0.6) is 0 Å². The lowest BCUT2D eigenvalue weighted by Crippen LogP contribution is -2.75. The lowest BCUT2D eigenvalue weighted by molar-refractivity contribution is -0.204. The maximum Gasteiger partial charge on any atom is 0.225 e. The number of hydrogen-bond donors (Lipinski definition) is 0. The van der Waals surface area contributed by atoms with Crippen LogP contribution in [-0.4, -0.2) is 97.2 Å². The summed E-state index contributed by atoms with van der Waals surface area (Å²) in [4.78, 5) is 31.3. The number of amides is 2. The van der Waals surface area contributed by atoms with E-state index in [2.05, 4.69) is 9.80 Å². The summed E-state index contributed by atoms with van der Waals surface area (Å²) in [6.07, 6.45) is 10.6. The van der Waals surface area contributed by atoms with Crippen molar-refractivity contribution >= 4 is 11.8 Å². The predicted molar refractivity (Wildman–Crippen MR) is 119 cm³/mol.